The zero-order chi connectivity index (χ0) is 10.3. The van der Waals surface area contributed by atoms with Crippen LogP contribution < -0.4 is 0 Å². The van der Waals surface area contributed by atoms with E-state index in [0.29, 0.717) is 5.41 Å². The number of halogens is 1. The Labute approximate surface area is 98.8 Å². The topological polar surface area (TPSA) is 0 Å². The Morgan fingerprint density at radius 3 is 2.27 bits per heavy atom. The molecule has 1 heteroatoms. The molecule has 0 nitrogen and oxygen atoms in total. The van der Waals surface area contributed by atoms with Crippen LogP contribution in [0.15, 0.2) is 0 Å². The number of rotatable bonds is 2. The fourth-order valence-electron chi connectivity index (χ4n) is 4.94. The van der Waals surface area contributed by atoms with Gasteiger partial charge in [-0.15, -0.1) is 11.6 Å². The fourth-order valence-corrected chi connectivity index (χ4v) is 5.48. The molecule has 0 saturated heterocycles. The highest BCUT2D eigenvalue weighted by molar-refractivity contribution is 6.18. The molecule has 0 aromatic heterocycles. The number of alkyl halides is 1. The SMILES string of the molecule is ClCC1(C2CCCCC2)CC2CCC1C2. The van der Waals surface area contributed by atoms with Crippen molar-refractivity contribution < 1.29 is 0 Å². The van der Waals surface area contributed by atoms with Gasteiger partial charge < -0.3 is 0 Å². The maximum Gasteiger partial charge on any atom is 0.0285 e. The van der Waals surface area contributed by atoms with Crippen molar-refractivity contribution in [2.75, 3.05) is 5.88 Å². The summed E-state index contributed by atoms with van der Waals surface area (Å²) in [5.41, 5.74) is 0.588. The summed E-state index contributed by atoms with van der Waals surface area (Å²) < 4.78 is 0. The van der Waals surface area contributed by atoms with Crippen LogP contribution >= 0.6 is 11.6 Å². The number of hydrogen-bond donors (Lipinski definition) is 0. The molecule has 0 aliphatic heterocycles. The molecule has 86 valence electrons. The first-order valence-electron chi connectivity index (χ1n) is 6.91. The second-order valence-corrected chi connectivity index (χ2v) is 6.55. The number of fused-ring (bicyclic) bond motifs is 2. The van der Waals surface area contributed by atoms with Crippen molar-refractivity contribution in [1.29, 1.82) is 0 Å². The van der Waals surface area contributed by atoms with Crippen LogP contribution in [0.1, 0.15) is 57.8 Å². The Morgan fingerprint density at radius 1 is 0.933 bits per heavy atom. The third kappa shape index (κ3) is 1.55. The maximum absolute atomic E-state index is 6.39. The van der Waals surface area contributed by atoms with E-state index in [9.17, 15) is 0 Å². The molecule has 0 heterocycles. The lowest BCUT2D eigenvalue weighted by Crippen LogP contribution is -2.38. The third-order valence-electron chi connectivity index (χ3n) is 5.69. The van der Waals surface area contributed by atoms with E-state index >= 15 is 0 Å². The second kappa shape index (κ2) is 3.95. The van der Waals surface area contributed by atoms with Crippen molar-refractivity contribution >= 4 is 11.6 Å². The predicted molar refractivity (Wildman–Crippen MR) is 65.2 cm³/mol. The van der Waals surface area contributed by atoms with E-state index in [1.807, 2.05) is 0 Å². The van der Waals surface area contributed by atoms with Crippen LogP contribution in [0.4, 0.5) is 0 Å². The average molecular weight is 227 g/mol. The zero-order valence-electron chi connectivity index (χ0n) is 9.68. The molecule has 3 rings (SSSR count). The molecule has 3 aliphatic rings. The lowest BCUT2D eigenvalue weighted by atomic mass is 9.62. The number of hydrogen-bond acceptors (Lipinski definition) is 0. The Bertz CT molecular complexity index is 231. The second-order valence-electron chi connectivity index (χ2n) is 6.28. The summed E-state index contributed by atoms with van der Waals surface area (Å²) in [6.07, 6.45) is 13.4. The van der Waals surface area contributed by atoms with Gasteiger partial charge >= 0.3 is 0 Å². The van der Waals surface area contributed by atoms with Crippen LogP contribution in [-0.4, -0.2) is 5.88 Å². The molecule has 0 aromatic carbocycles. The summed E-state index contributed by atoms with van der Waals surface area (Å²) in [5, 5.41) is 0. The van der Waals surface area contributed by atoms with Crippen molar-refractivity contribution in [1.82, 2.24) is 0 Å². The Balaban J connectivity index is 1.79. The summed E-state index contributed by atoms with van der Waals surface area (Å²) in [6.45, 7) is 0. The van der Waals surface area contributed by atoms with Gasteiger partial charge in [-0.2, -0.15) is 0 Å². The minimum absolute atomic E-state index is 0.588. The van der Waals surface area contributed by atoms with Gasteiger partial charge in [0.2, 0.25) is 0 Å². The Morgan fingerprint density at radius 2 is 1.73 bits per heavy atom. The van der Waals surface area contributed by atoms with Crippen molar-refractivity contribution in [2.24, 2.45) is 23.2 Å². The van der Waals surface area contributed by atoms with Gasteiger partial charge in [0, 0.05) is 5.88 Å². The van der Waals surface area contributed by atoms with Crippen molar-refractivity contribution in [3.05, 3.63) is 0 Å². The molecule has 0 aromatic rings. The first-order chi connectivity index (χ1) is 7.35. The molecule has 3 fully saturated rings. The fraction of sp³-hybridized carbons (Fsp3) is 1.00. The van der Waals surface area contributed by atoms with E-state index < -0.39 is 0 Å². The highest BCUT2D eigenvalue weighted by Crippen LogP contribution is 2.61. The van der Waals surface area contributed by atoms with E-state index in [-0.39, 0.29) is 0 Å². The lowest BCUT2D eigenvalue weighted by molar-refractivity contribution is 0.0722. The monoisotopic (exact) mass is 226 g/mol. The van der Waals surface area contributed by atoms with E-state index in [0.717, 1.165) is 23.6 Å². The molecular formula is C14H23Cl. The van der Waals surface area contributed by atoms with Crippen molar-refractivity contribution in [2.45, 2.75) is 57.8 Å². The van der Waals surface area contributed by atoms with Crippen molar-refractivity contribution in [3.8, 4) is 0 Å². The molecule has 3 aliphatic carbocycles. The molecule has 3 atom stereocenters. The molecule has 0 amide bonds. The molecule has 3 unspecified atom stereocenters. The van der Waals surface area contributed by atoms with E-state index in [4.69, 9.17) is 11.6 Å². The Kier molecular flexibility index (Phi) is 2.75. The summed E-state index contributed by atoms with van der Waals surface area (Å²) in [6, 6.07) is 0. The summed E-state index contributed by atoms with van der Waals surface area (Å²) in [5.74, 6) is 4.00. The summed E-state index contributed by atoms with van der Waals surface area (Å²) in [4.78, 5) is 0. The summed E-state index contributed by atoms with van der Waals surface area (Å²) >= 11 is 6.39. The van der Waals surface area contributed by atoms with Crippen LogP contribution in [-0.2, 0) is 0 Å². The van der Waals surface area contributed by atoms with Gasteiger partial charge in [0.25, 0.3) is 0 Å². The van der Waals surface area contributed by atoms with E-state index in [1.165, 1.54) is 57.8 Å². The summed E-state index contributed by atoms with van der Waals surface area (Å²) in [7, 11) is 0. The quantitative estimate of drug-likeness (QED) is 0.604. The largest absolute Gasteiger partial charge is 0.126 e. The molecule has 3 saturated carbocycles. The molecule has 0 radical (unpaired) electrons. The minimum Gasteiger partial charge on any atom is -0.126 e. The smallest absolute Gasteiger partial charge is 0.0285 e. The average Bonchev–Trinajstić information content (AvgIpc) is 2.90. The van der Waals surface area contributed by atoms with E-state index in [2.05, 4.69) is 0 Å². The van der Waals surface area contributed by atoms with Crippen LogP contribution in [0, 0.1) is 23.2 Å². The molecular weight excluding hydrogens is 204 g/mol. The highest BCUT2D eigenvalue weighted by Gasteiger charge is 2.53. The van der Waals surface area contributed by atoms with Crippen molar-refractivity contribution in [3.63, 3.8) is 0 Å². The molecule has 2 bridgehead atoms. The maximum atomic E-state index is 6.39. The molecule has 0 N–H and O–H groups in total. The zero-order valence-corrected chi connectivity index (χ0v) is 10.4. The molecule has 15 heavy (non-hydrogen) atoms. The first-order valence-corrected chi connectivity index (χ1v) is 7.44. The normalized spacial score (nSPS) is 46.2. The first kappa shape index (κ1) is 10.4. The van der Waals surface area contributed by atoms with Gasteiger partial charge in [-0.1, -0.05) is 25.7 Å². The van der Waals surface area contributed by atoms with Crippen LogP contribution in [0.3, 0.4) is 0 Å². The predicted octanol–water partition coefficient (Wildman–Crippen LogP) is 4.61. The van der Waals surface area contributed by atoms with Gasteiger partial charge in [0.15, 0.2) is 0 Å². The lowest BCUT2D eigenvalue weighted by Gasteiger charge is -2.45. The standard InChI is InChI=1S/C14H23Cl/c15-10-14(12-4-2-1-3-5-12)9-11-6-7-13(14)8-11/h11-13H,1-10H2. The van der Waals surface area contributed by atoms with Gasteiger partial charge in [-0.05, 0) is 55.3 Å². The van der Waals surface area contributed by atoms with E-state index in [1.54, 1.807) is 0 Å². The van der Waals surface area contributed by atoms with Crippen LogP contribution in [0.2, 0.25) is 0 Å². The van der Waals surface area contributed by atoms with Gasteiger partial charge in [0.1, 0.15) is 0 Å². The van der Waals surface area contributed by atoms with Crippen LogP contribution in [0.5, 0.6) is 0 Å². The van der Waals surface area contributed by atoms with Gasteiger partial charge in [-0.25, -0.2) is 0 Å². The van der Waals surface area contributed by atoms with Gasteiger partial charge in [-0.3, -0.25) is 0 Å². The van der Waals surface area contributed by atoms with Crippen LogP contribution in [0.25, 0.3) is 0 Å². The third-order valence-corrected chi connectivity index (χ3v) is 6.19. The van der Waals surface area contributed by atoms with Gasteiger partial charge in [0.05, 0.1) is 0 Å². The highest BCUT2D eigenvalue weighted by atomic mass is 35.5. The molecule has 0 spiro atoms. The minimum atomic E-state index is 0.588. The Hall–Kier alpha value is 0.290.